The molecule has 4 atom stereocenters. The summed E-state index contributed by atoms with van der Waals surface area (Å²) in [6, 6.07) is 0.0505. The molecule has 0 aromatic carbocycles. The SMILES string of the molecule is FC1CCCC2C1C1NC(Cl)=CN1c1c(-c3noc(C4CC4)n3)ncn12. The maximum atomic E-state index is 14.8. The molecular formula is C17H18ClFN6O. The molecule has 0 bridgehead atoms. The number of halogens is 2. The Labute approximate surface area is 154 Å². The van der Waals surface area contributed by atoms with Crippen LogP contribution < -0.4 is 10.2 Å². The lowest BCUT2D eigenvalue weighted by Crippen LogP contribution is -2.54. The number of aromatic nitrogens is 4. The molecule has 2 aliphatic carbocycles. The number of nitrogens with one attached hydrogen (secondary N) is 1. The molecule has 0 spiro atoms. The third-order valence-electron chi connectivity index (χ3n) is 5.99. The molecule has 0 amide bonds. The van der Waals surface area contributed by atoms with Crippen molar-refractivity contribution < 1.29 is 8.91 Å². The lowest BCUT2D eigenvalue weighted by Gasteiger charge is -2.47. The summed E-state index contributed by atoms with van der Waals surface area (Å²) in [4.78, 5) is 11.1. The monoisotopic (exact) mass is 376 g/mol. The van der Waals surface area contributed by atoms with Crippen molar-refractivity contribution in [2.24, 2.45) is 5.92 Å². The molecule has 2 aliphatic heterocycles. The van der Waals surface area contributed by atoms with Gasteiger partial charge >= 0.3 is 0 Å². The molecule has 1 N–H and O–H groups in total. The van der Waals surface area contributed by atoms with Crippen molar-refractivity contribution in [1.82, 2.24) is 25.0 Å². The van der Waals surface area contributed by atoms with Crippen LogP contribution >= 0.6 is 11.6 Å². The maximum Gasteiger partial charge on any atom is 0.230 e. The first-order valence-corrected chi connectivity index (χ1v) is 9.55. The first kappa shape index (κ1) is 15.0. The summed E-state index contributed by atoms with van der Waals surface area (Å²) in [5, 5.41) is 7.89. The average Bonchev–Trinajstić information content (AvgIpc) is 3.05. The van der Waals surface area contributed by atoms with Gasteiger partial charge in [0.2, 0.25) is 11.7 Å². The molecule has 2 saturated carbocycles. The summed E-state index contributed by atoms with van der Waals surface area (Å²) < 4.78 is 22.3. The van der Waals surface area contributed by atoms with E-state index in [9.17, 15) is 4.39 Å². The molecule has 4 aliphatic rings. The van der Waals surface area contributed by atoms with Crippen LogP contribution in [0.4, 0.5) is 10.2 Å². The van der Waals surface area contributed by atoms with Crippen LogP contribution in [0.1, 0.15) is 50.0 Å². The van der Waals surface area contributed by atoms with Crippen molar-refractivity contribution in [3.05, 3.63) is 23.6 Å². The Kier molecular flexibility index (Phi) is 3.01. The second-order valence-electron chi connectivity index (χ2n) is 7.62. The zero-order valence-electron chi connectivity index (χ0n) is 14.0. The van der Waals surface area contributed by atoms with Crippen molar-refractivity contribution in [2.75, 3.05) is 4.90 Å². The summed E-state index contributed by atoms with van der Waals surface area (Å²) in [7, 11) is 0. The molecule has 9 heteroatoms. The van der Waals surface area contributed by atoms with Crippen molar-refractivity contribution in [3.8, 4) is 11.5 Å². The summed E-state index contributed by atoms with van der Waals surface area (Å²) in [5.74, 6) is 2.25. The molecule has 0 saturated heterocycles. The molecule has 4 heterocycles. The van der Waals surface area contributed by atoms with E-state index in [0.717, 1.165) is 31.5 Å². The predicted octanol–water partition coefficient (Wildman–Crippen LogP) is 3.28. The number of alkyl halides is 1. The molecular weight excluding hydrogens is 359 g/mol. The van der Waals surface area contributed by atoms with E-state index < -0.39 is 6.17 Å². The Bertz CT molecular complexity index is 905. The second kappa shape index (κ2) is 5.22. The van der Waals surface area contributed by atoms with Crippen molar-refractivity contribution in [2.45, 2.75) is 56.4 Å². The van der Waals surface area contributed by atoms with Gasteiger partial charge in [-0.05, 0) is 32.1 Å². The molecule has 2 aromatic heterocycles. The lowest BCUT2D eigenvalue weighted by molar-refractivity contribution is 0.0758. The molecule has 4 unspecified atom stereocenters. The van der Waals surface area contributed by atoms with Crippen molar-refractivity contribution >= 4 is 17.4 Å². The minimum atomic E-state index is -0.865. The van der Waals surface area contributed by atoms with Crippen LogP contribution in [-0.4, -0.2) is 32.0 Å². The Morgan fingerprint density at radius 1 is 1.27 bits per heavy atom. The van der Waals surface area contributed by atoms with Gasteiger partial charge in [0.15, 0.2) is 5.69 Å². The summed E-state index contributed by atoms with van der Waals surface area (Å²) in [6.07, 6.45) is 7.11. The van der Waals surface area contributed by atoms with E-state index in [0.29, 0.717) is 34.9 Å². The van der Waals surface area contributed by atoms with E-state index in [1.165, 1.54) is 0 Å². The molecule has 6 rings (SSSR count). The van der Waals surface area contributed by atoms with Crippen LogP contribution in [0.5, 0.6) is 0 Å². The van der Waals surface area contributed by atoms with Gasteiger partial charge in [0.05, 0.1) is 12.2 Å². The normalized spacial score (nSPS) is 32.5. The number of imidazole rings is 1. The fourth-order valence-corrected chi connectivity index (χ4v) is 4.86. The van der Waals surface area contributed by atoms with Gasteiger partial charge in [-0.15, -0.1) is 0 Å². The highest BCUT2D eigenvalue weighted by Crippen LogP contribution is 2.49. The van der Waals surface area contributed by atoms with Crippen LogP contribution in [0.2, 0.25) is 0 Å². The Hall–Kier alpha value is -2.09. The molecule has 0 radical (unpaired) electrons. The van der Waals surface area contributed by atoms with E-state index in [2.05, 4.69) is 25.0 Å². The molecule has 136 valence electrons. The number of nitrogens with zero attached hydrogens (tertiary/aromatic N) is 5. The summed E-state index contributed by atoms with van der Waals surface area (Å²) >= 11 is 6.26. The number of fused-ring (bicyclic) bond motifs is 6. The first-order chi connectivity index (χ1) is 12.7. The topological polar surface area (TPSA) is 72.0 Å². The first-order valence-electron chi connectivity index (χ1n) is 9.18. The number of anilines is 1. The summed E-state index contributed by atoms with van der Waals surface area (Å²) in [6.45, 7) is 0. The zero-order chi connectivity index (χ0) is 17.4. The fourth-order valence-electron chi connectivity index (χ4n) is 4.64. The maximum absolute atomic E-state index is 14.8. The predicted molar refractivity (Wildman–Crippen MR) is 92.1 cm³/mol. The standard InChI is InChI=1S/C17H18ClFN6O/c18-11-6-24-15(21-11)12-9(19)2-1-3-10(12)25-7-20-13(17(24)25)14-22-16(26-23-14)8-4-5-8/h6-10,12,15,21H,1-5H2. The third-order valence-corrected chi connectivity index (χ3v) is 6.20. The van der Waals surface area contributed by atoms with Gasteiger partial charge in [-0.25, -0.2) is 9.37 Å². The molecule has 7 nitrogen and oxygen atoms in total. The van der Waals surface area contributed by atoms with Gasteiger partial charge in [0.25, 0.3) is 0 Å². The van der Waals surface area contributed by atoms with E-state index >= 15 is 0 Å². The van der Waals surface area contributed by atoms with Crippen molar-refractivity contribution in [1.29, 1.82) is 0 Å². The molecule has 26 heavy (non-hydrogen) atoms. The van der Waals surface area contributed by atoms with Gasteiger partial charge in [-0.2, -0.15) is 4.98 Å². The number of hydrogen-bond acceptors (Lipinski definition) is 6. The number of rotatable bonds is 2. The van der Waals surface area contributed by atoms with Gasteiger partial charge < -0.3 is 19.3 Å². The van der Waals surface area contributed by atoms with Gasteiger partial charge in [-0.1, -0.05) is 16.8 Å². The van der Waals surface area contributed by atoms with E-state index in [1.807, 2.05) is 11.1 Å². The average molecular weight is 377 g/mol. The van der Waals surface area contributed by atoms with E-state index in [4.69, 9.17) is 16.1 Å². The van der Waals surface area contributed by atoms with Crippen LogP contribution in [0.3, 0.4) is 0 Å². The Morgan fingerprint density at radius 3 is 3.00 bits per heavy atom. The smallest absolute Gasteiger partial charge is 0.230 e. The second-order valence-corrected chi connectivity index (χ2v) is 8.03. The largest absolute Gasteiger partial charge is 0.354 e. The van der Waals surface area contributed by atoms with E-state index in [-0.39, 0.29) is 18.1 Å². The van der Waals surface area contributed by atoms with Crippen LogP contribution in [-0.2, 0) is 0 Å². The molecule has 2 fully saturated rings. The lowest BCUT2D eigenvalue weighted by atomic mass is 9.79. The van der Waals surface area contributed by atoms with Gasteiger partial charge in [0, 0.05) is 18.2 Å². The van der Waals surface area contributed by atoms with Crippen LogP contribution in [0.25, 0.3) is 11.5 Å². The van der Waals surface area contributed by atoms with Gasteiger partial charge in [-0.3, -0.25) is 0 Å². The third kappa shape index (κ3) is 2.02. The minimum absolute atomic E-state index is 0.0505. The van der Waals surface area contributed by atoms with Crippen LogP contribution in [0.15, 0.2) is 22.2 Å². The molecule has 2 aromatic rings. The highest BCUT2D eigenvalue weighted by atomic mass is 35.5. The Morgan fingerprint density at radius 2 is 2.15 bits per heavy atom. The number of hydrogen-bond donors (Lipinski definition) is 1. The quantitative estimate of drug-likeness (QED) is 0.811. The van der Waals surface area contributed by atoms with E-state index in [1.54, 1.807) is 6.33 Å². The van der Waals surface area contributed by atoms with Gasteiger partial charge in [0.1, 0.15) is 23.3 Å². The zero-order valence-corrected chi connectivity index (χ0v) is 14.7. The van der Waals surface area contributed by atoms with Crippen LogP contribution in [0, 0.1) is 5.92 Å². The van der Waals surface area contributed by atoms with Crippen molar-refractivity contribution in [3.63, 3.8) is 0 Å². The fraction of sp³-hybridized carbons (Fsp3) is 0.588. The summed E-state index contributed by atoms with van der Waals surface area (Å²) in [5.41, 5.74) is 0.662. The minimum Gasteiger partial charge on any atom is -0.354 e. The highest BCUT2D eigenvalue weighted by molar-refractivity contribution is 6.29. The Balaban J connectivity index is 1.49. The highest BCUT2D eigenvalue weighted by Gasteiger charge is 2.50.